The fourth-order valence-electron chi connectivity index (χ4n) is 3.13. The minimum atomic E-state index is -0.504. The van der Waals surface area contributed by atoms with Crippen LogP contribution in [0.15, 0.2) is 42.5 Å². The molecule has 2 N–H and O–H groups in total. The summed E-state index contributed by atoms with van der Waals surface area (Å²) in [6, 6.07) is 15.7. The fourth-order valence-corrected chi connectivity index (χ4v) is 3.13. The molecule has 2 aromatic carbocycles. The van der Waals surface area contributed by atoms with Gasteiger partial charge in [0.25, 0.3) is 0 Å². The van der Waals surface area contributed by atoms with Crippen LogP contribution in [-0.2, 0) is 17.7 Å². The van der Waals surface area contributed by atoms with Crippen LogP contribution in [0, 0.1) is 0 Å². The summed E-state index contributed by atoms with van der Waals surface area (Å²) in [7, 11) is 0. The topological polar surface area (TPSA) is 59.6 Å². The number of carbonyl (C=O) groups excluding carboxylic acids is 1. The molecule has 0 heterocycles. The molecule has 0 atom stereocenters. The quantitative estimate of drug-likeness (QED) is 0.567. The van der Waals surface area contributed by atoms with Crippen molar-refractivity contribution in [1.29, 1.82) is 0 Å². The molecule has 1 amide bonds. The highest BCUT2D eigenvalue weighted by Gasteiger charge is 2.20. The maximum Gasteiger partial charge on any atom is 0.407 e. The van der Waals surface area contributed by atoms with Crippen molar-refractivity contribution in [1.82, 2.24) is 10.6 Å². The standard InChI is InChI=1S/C25H34N2O3/c1-5-18-6-8-20(9-7-18)21-14-19(17-27-22-10-11-22)15-23(16-21)29-13-12-26-24(28)30-25(2,3)4/h6-9,14-16,22,27H,5,10-13,17H2,1-4H3,(H,26,28). The van der Waals surface area contributed by atoms with E-state index in [2.05, 4.69) is 60.0 Å². The van der Waals surface area contributed by atoms with Crippen LogP contribution in [0.4, 0.5) is 4.79 Å². The Morgan fingerprint density at radius 2 is 1.77 bits per heavy atom. The second-order valence-electron chi connectivity index (χ2n) is 8.85. The van der Waals surface area contributed by atoms with Crippen LogP contribution in [0.2, 0.25) is 0 Å². The molecule has 1 saturated carbocycles. The highest BCUT2D eigenvalue weighted by atomic mass is 16.6. The Morgan fingerprint density at radius 3 is 2.40 bits per heavy atom. The first-order valence-corrected chi connectivity index (χ1v) is 10.9. The Bertz CT molecular complexity index is 836. The van der Waals surface area contributed by atoms with Crippen LogP contribution in [0.3, 0.4) is 0 Å². The molecular formula is C25H34N2O3. The molecule has 0 saturated heterocycles. The van der Waals surface area contributed by atoms with E-state index < -0.39 is 11.7 Å². The third kappa shape index (κ3) is 7.38. The maximum absolute atomic E-state index is 11.8. The van der Waals surface area contributed by atoms with Gasteiger partial charge >= 0.3 is 6.09 Å². The number of amides is 1. The van der Waals surface area contributed by atoms with E-state index >= 15 is 0 Å². The van der Waals surface area contributed by atoms with Crippen LogP contribution in [0.25, 0.3) is 11.1 Å². The van der Waals surface area contributed by atoms with Crippen LogP contribution >= 0.6 is 0 Å². The summed E-state index contributed by atoms with van der Waals surface area (Å²) >= 11 is 0. The molecule has 0 bridgehead atoms. The van der Waals surface area contributed by atoms with Crippen molar-refractivity contribution in [3.8, 4) is 16.9 Å². The molecule has 0 aliphatic heterocycles. The summed E-state index contributed by atoms with van der Waals surface area (Å²) in [5.74, 6) is 0.811. The molecule has 30 heavy (non-hydrogen) atoms. The van der Waals surface area contributed by atoms with E-state index in [4.69, 9.17) is 9.47 Å². The summed E-state index contributed by atoms with van der Waals surface area (Å²) in [6.45, 7) is 9.30. The number of rotatable bonds is 9. The third-order valence-corrected chi connectivity index (χ3v) is 4.87. The molecular weight excluding hydrogens is 376 g/mol. The van der Waals surface area contributed by atoms with Gasteiger partial charge in [0.15, 0.2) is 0 Å². The smallest absolute Gasteiger partial charge is 0.407 e. The second kappa shape index (κ2) is 9.98. The third-order valence-electron chi connectivity index (χ3n) is 4.87. The molecule has 5 nitrogen and oxygen atoms in total. The number of hydrogen-bond donors (Lipinski definition) is 2. The minimum absolute atomic E-state index is 0.382. The van der Waals surface area contributed by atoms with Crippen molar-refractivity contribution in [2.45, 2.75) is 65.1 Å². The lowest BCUT2D eigenvalue weighted by atomic mass is 10.0. The molecule has 0 spiro atoms. The van der Waals surface area contributed by atoms with Crippen molar-refractivity contribution in [3.63, 3.8) is 0 Å². The second-order valence-corrected chi connectivity index (χ2v) is 8.85. The highest BCUT2D eigenvalue weighted by molar-refractivity contribution is 5.68. The lowest BCUT2D eigenvalue weighted by molar-refractivity contribution is 0.0520. The zero-order valence-electron chi connectivity index (χ0n) is 18.6. The summed E-state index contributed by atoms with van der Waals surface area (Å²) in [5, 5.41) is 6.30. The largest absolute Gasteiger partial charge is 0.492 e. The summed E-state index contributed by atoms with van der Waals surface area (Å²) in [5.41, 5.74) is 4.35. The summed E-state index contributed by atoms with van der Waals surface area (Å²) in [4.78, 5) is 11.8. The van der Waals surface area contributed by atoms with Gasteiger partial charge in [0.1, 0.15) is 18.0 Å². The van der Waals surface area contributed by atoms with Gasteiger partial charge in [-0.1, -0.05) is 31.2 Å². The van der Waals surface area contributed by atoms with Gasteiger partial charge in [-0.15, -0.1) is 0 Å². The first-order chi connectivity index (χ1) is 14.3. The van der Waals surface area contributed by atoms with Gasteiger partial charge in [-0.05, 0) is 80.5 Å². The Hall–Kier alpha value is -2.53. The Kier molecular flexibility index (Phi) is 7.38. The van der Waals surface area contributed by atoms with Crippen molar-refractivity contribution in [2.24, 2.45) is 0 Å². The van der Waals surface area contributed by atoms with Crippen molar-refractivity contribution in [3.05, 3.63) is 53.6 Å². The average Bonchev–Trinajstić information content (AvgIpc) is 3.53. The highest BCUT2D eigenvalue weighted by Crippen LogP contribution is 2.28. The Labute approximate surface area is 180 Å². The van der Waals surface area contributed by atoms with Gasteiger partial charge in [0.05, 0.1) is 6.54 Å². The number of hydrogen-bond acceptors (Lipinski definition) is 4. The lowest BCUT2D eigenvalue weighted by Gasteiger charge is -2.19. The van der Waals surface area contributed by atoms with Gasteiger partial charge in [-0.25, -0.2) is 4.79 Å². The number of ether oxygens (including phenoxy) is 2. The van der Waals surface area contributed by atoms with Crippen LogP contribution in [0.1, 0.15) is 51.7 Å². The number of alkyl carbamates (subject to hydrolysis) is 1. The molecule has 2 aromatic rings. The summed E-state index contributed by atoms with van der Waals surface area (Å²) < 4.78 is 11.2. The number of aryl methyl sites for hydroxylation is 1. The predicted molar refractivity (Wildman–Crippen MR) is 121 cm³/mol. The van der Waals surface area contributed by atoms with E-state index in [1.54, 1.807) is 0 Å². The van der Waals surface area contributed by atoms with Crippen LogP contribution in [0.5, 0.6) is 5.75 Å². The monoisotopic (exact) mass is 410 g/mol. The van der Waals surface area contributed by atoms with E-state index in [-0.39, 0.29) is 0 Å². The van der Waals surface area contributed by atoms with Gasteiger partial charge in [0, 0.05) is 12.6 Å². The minimum Gasteiger partial charge on any atom is -0.492 e. The first kappa shape index (κ1) is 22.2. The Balaban J connectivity index is 1.64. The number of benzene rings is 2. The zero-order valence-corrected chi connectivity index (χ0v) is 18.6. The molecule has 0 aromatic heterocycles. The molecule has 0 unspecified atom stereocenters. The zero-order chi connectivity index (χ0) is 21.6. The molecule has 3 rings (SSSR count). The first-order valence-electron chi connectivity index (χ1n) is 10.9. The van der Waals surface area contributed by atoms with E-state index in [1.165, 1.54) is 29.5 Å². The molecule has 0 radical (unpaired) electrons. The van der Waals surface area contributed by atoms with Crippen molar-refractivity contribution < 1.29 is 14.3 Å². The summed E-state index contributed by atoms with van der Waals surface area (Å²) in [6.07, 6.45) is 3.13. The van der Waals surface area contributed by atoms with Crippen molar-refractivity contribution in [2.75, 3.05) is 13.2 Å². The SMILES string of the molecule is CCc1ccc(-c2cc(CNC3CC3)cc(OCCNC(=O)OC(C)(C)C)c2)cc1. The van der Waals surface area contributed by atoms with E-state index in [0.29, 0.717) is 19.2 Å². The number of carbonyl (C=O) groups is 1. The van der Waals surface area contributed by atoms with E-state index in [9.17, 15) is 4.79 Å². The maximum atomic E-state index is 11.8. The molecule has 1 fully saturated rings. The molecule has 1 aliphatic carbocycles. The molecule has 1 aliphatic rings. The van der Waals surface area contributed by atoms with E-state index in [1.807, 2.05) is 20.8 Å². The Morgan fingerprint density at radius 1 is 1.03 bits per heavy atom. The van der Waals surface area contributed by atoms with Gasteiger partial charge in [0.2, 0.25) is 0 Å². The fraction of sp³-hybridized carbons (Fsp3) is 0.480. The number of nitrogens with one attached hydrogen (secondary N) is 2. The van der Waals surface area contributed by atoms with Gasteiger partial charge < -0.3 is 20.1 Å². The van der Waals surface area contributed by atoms with Crippen LogP contribution < -0.4 is 15.4 Å². The van der Waals surface area contributed by atoms with Gasteiger partial charge in [-0.2, -0.15) is 0 Å². The predicted octanol–water partition coefficient (Wildman–Crippen LogP) is 5.07. The normalized spacial score (nSPS) is 13.7. The molecule has 5 heteroatoms. The van der Waals surface area contributed by atoms with Crippen molar-refractivity contribution >= 4 is 6.09 Å². The van der Waals surface area contributed by atoms with Crippen LogP contribution in [-0.4, -0.2) is 30.9 Å². The lowest BCUT2D eigenvalue weighted by Crippen LogP contribution is -2.34. The van der Waals surface area contributed by atoms with Gasteiger partial charge in [-0.3, -0.25) is 0 Å². The molecule has 162 valence electrons. The average molecular weight is 411 g/mol. The van der Waals surface area contributed by atoms with E-state index in [0.717, 1.165) is 24.3 Å².